The van der Waals surface area contributed by atoms with E-state index >= 15 is 0 Å². The van der Waals surface area contributed by atoms with Crippen molar-refractivity contribution < 1.29 is 14.4 Å². The Balaban J connectivity index is 0.000000673. The Hall–Kier alpha value is -2.55. The fourth-order valence-corrected chi connectivity index (χ4v) is 6.02. The number of carbonyl (C=O) groups excluding carboxylic acids is 3. The van der Waals surface area contributed by atoms with E-state index in [9.17, 15) is 14.4 Å². The molecule has 2 aromatic carbocycles. The zero-order valence-electron chi connectivity index (χ0n) is 27.2. The number of hydrogen-bond acceptors (Lipinski definition) is 3. The maximum Gasteiger partial charge on any atom is 0.163 e. The van der Waals surface area contributed by atoms with E-state index in [1.165, 1.54) is 35.6 Å². The molecule has 3 nitrogen and oxygen atoms in total. The van der Waals surface area contributed by atoms with E-state index in [-0.39, 0.29) is 41.5 Å². The molecule has 0 radical (unpaired) electrons. The molecule has 0 aliphatic heterocycles. The third-order valence-corrected chi connectivity index (χ3v) is 7.94. The van der Waals surface area contributed by atoms with Crippen LogP contribution in [0.15, 0.2) is 36.4 Å². The van der Waals surface area contributed by atoms with E-state index in [4.69, 9.17) is 0 Å². The fraction of sp³-hybridized carbons (Fsp3) is 0.595. The fourth-order valence-electron chi connectivity index (χ4n) is 6.02. The second-order valence-corrected chi connectivity index (χ2v) is 12.1. The molecule has 0 saturated carbocycles. The molecule has 0 spiro atoms. The quantitative estimate of drug-likeness (QED) is 0.278. The topological polar surface area (TPSA) is 51.2 Å². The molecule has 0 bridgehead atoms. The van der Waals surface area contributed by atoms with Crippen molar-refractivity contribution in [2.24, 2.45) is 17.8 Å². The van der Waals surface area contributed by atoms with Gasteiger partial charge in [0.1, 0.15) is 11.6 Å². The number of ketones is 3. The van der Waals surface area contributed by atoms with Crippen LogP contribution in [0.3, 0.4) is 0 Å². The summed E-state index contributed by atoms with van der Waals surface area (Å²) in [6, 6.07) is 12.5. The summed E-state index contributed by atoms with van der Waals surface area (Å²) < 4.78 is 0. The van der Waals surface area contributed by atoms with Gasteiger partial charge in [0, 0.05) is 17.9 Å². The minimum atomic E-state index is -0.0744. The average Bonchev–Trinajstić information content (AvgIpc) is 2.87. The Morgan fingerprint density at radius 2 is 1.55 bits per heavy atom. The highest BCUT2D eigenvalue weighted by Crippen LogP contribution is 2.39. The number of rotatable bonds is 10. The summed E-state index contributed by atoms with van der Waals surface area (Å²) in [7, 11) is 0. The minimum absolute atomic E-state index is 0.0428. The lowest BCUT2D eigenvalue weighted by molar-refractivity contribution is -0.129. The minimum Gasteiger partial charge on any atom is -0.300 e. The van der Waals surface area contributed by atoms with Gasteiger partial charge in [-0.3, -0.25) is 14.4 Å². The monoisotopic (exact) mass is 548 g/mol. The number of aryl methyl sites for hydroxylation is 2. The lowest BCUT2D eigenvalue weighted by atomic mass is 9.70. The van der Waals surface area contributed by atoms with E-state index in [2.05, 4.69) is 80.5 Å². The first-order chi connectivity index (χ1) is 18.9. The molecule has 0 amide bonds. The average molecular weight is 549 g/mol. The van der Waals surface area contributed by atoms with Crippen LogP contribution in [0.1, 0.15) is 138 Å². The molecule has 1 aliphatic carbocycles. The Kier molecular flexibility index (Phi) is 16.0. The molecule has 3 heteroatoms. The van der Waals surface area contributed by atoms with Crippen LogP contribution in [-0.2, 0) is 16.0 Å². The first-order valence-corrected chi connectivity index (χ1v) is 15.6. The highest BCUT2D eigenvalue weighted by Gasteiger charge is 2.34. The zero-order chi connectivity index (χ0) is 30.4. The molecule has 3 rings (SSSR count). The van der Waals surface area contributed by atoms with Gasteiger partial charge in [-0.25, -0.2) is 0 Å². The predicted molar refractivity (Wildman–Crippen MR) is 170 cm³/mol. The smallest absolute Gasteiger partial charge is 0.163 e. The molecule has 2 aromatic rings. The third-order valence-electron chi connectivity index (χ3n) is 7.94. The second-order valence-electron chi connectivity index (χ2n) is 12.1. The van der Waals surface area contributed by atoms with Gasteiger partial charge in [0.15, 0.2) is 5.78 Å². The molecule has 0 N–H and O–H groups in total. The Bertz CT molecular complexity index is 1080. The van der Waals surface area contributed by atoms with Crippen molar-refractivity contribution in [3.05, 3.63) is 69.8 Å². The lowest BCUT2D eigenvalue weighted by Gasteiger charge is -2.33. The van der Waals surface area contributed by atoms with Crippen LogP contribution in [0.4, 0.5) is 0 Å². The molecule has 222 valence electrons. The summed E-state index contributed by atoms with van der Waals surface area (Å²) in [5.41, 5.74) is 7.16. The summed E-state index contributed by atoms with van der Waals surface area (Å²) in [6.45, 7) is 20.6. The first kappa shape index (κ1) is 35.5. The van der Waals surface area contributed by atoms with Crippen LogP contribution in [0.2, 0.25) is 0 Å². The van der Waals surface area contributed by atoms with Gasteiger partial charge < -0.3 is 0 Å². The first-order valence-electron chi connectivity index (χ1n) is 15.6. The highest BCUT2D eigenvalue weighted by molar-refractivity contribution is 6.01. The van der Waals surface area contributed by atoms with Crippen molar-refractivity contribution >= 4 is 17.3 Å². The molecule has 0 aromatic heterocycles. The van der Waals surface area contributed by atoms with Crippen LogP contribution >= 0.6 is 0 Å². The van der Waals surface area contributed by atoms with E-state index in [1.807, 2.05) is 18.2 Å². The Morgan fingerprint density at radius 3 is 2.00 bits per heavy atom. The summed E-state index contributed by atoms with van der Waals surface area (Å²) in [4.78, 5) is 37.5. The largest absolute Gasteiger partial charge is 0.300 e. The summed E-state index contributed by atoms with van der Waals surface area (Å²) >= 11 is 0. The van der Waals surface area contributed by atoms with Crippen molar-refractivity contribution in [2.75, 3.05) is 0 Å². The SMILES string of the molecule is CCC.CCCC(CC1CC(=O)c2c(C)c(C)cc(C(C)C)c2C1)C(CC)C(=O)CC(C)=O.Cc1ccccc1. The molecule has 3 atom stereocenters. The predicted octanol–water partition coefficient (Wildman–Crippen LogP) is 9.96. The van der Waals surface area contributed by atoms with Gasteiger partial charge in [-0.2, -0.15) is 0 Å². The maximum absolute atomic E-state index is 13.2. The number of carbonyl (C=O) groups is 3. The van der Waals surface area contributed by atoms with Crippen molar-refractivity contribution in [3.63, 3.8) is 0 Å². The van der Waals surface area contributed by atoms with E-state index in [0.29, 0.717) is 12.3 Å². The maximum atomic E-state index is 13.2. The van der Waals surface area contributed by atoms with Gasteiger partial charge in [0.25, 0.3) is 0 Å². The normalized spacial score (nSPS) is 15.7. The Labute approximate surface area is 245 Å². The molecular formula is C37H56O3. The number of hydrogen-bond donors (Lipinski definition) is 0. The van der Waals surface area contributed by atoms with Crippen LogP contribution < -0.4 is 0 Å². The Morgan fingerprint density at radius 1 is 0.950 bits per heavy atom. The van der Waals surface area contributed by atoms with Gasteiger partial charge in [-0.1, -0.05) is 103 Å². The summed E-state index contributed by atoms with van der Waals surface area (Å²) in [5.74, 6) is 1.14. The van der Waals surface area contributed by atoms with E-state index < -0.39 is 0 Å². The van der Waals surface area contributed by atoms with Crippen molar-refractivity contribution in [1.29, 1.82) is 0 Å². The van der Waals surface area contributed by atoms with Crippen molar-refractivity contribution in [1.82, 2.24) is 0 Å². The molecule has 0 saturated heterocycles. The molecule has 0 heterocycles. The van der Waals surface area contributed by atoms with Crippen LogP contribution in [0.5, 0.6) is 0 Å². The lowest BCUT2D eigenvalue weighted by Crippen LogP contribution is -2.30. The molecule has 1 aliphatic rings. The second kappa shape index (κ2) is 18.0. The molecule has 0 fully saturated rings. The molecular weight excluding hydrogens is 492 g/mol. The zero-order valence-corrected chi connectivity index (χ0v) is 27.2. The highest BCUT2D eigenvalue weighted by atomic mass is 16.1. The number of fused-ring (bicyclic) bond motifs is 1. The van der Waals surface area contributed by atoms with E-state index in [1.54, 1.807) is 0 Å². The number of benzene rings is 2. The summed E-state index contributed by atoms with van der Waals surface area (Å²) in [5, 5.41) is 0. The van der Waals surface area contributed by atoms with E-state index in [0.717, 1.165) is 43.2 Å². The summed E-state index contributed by atoms with van der Waals surface area (Å²) in [6.07, 6.45) is 6.45. The van der Waals surface area contributed by atoms with Crippen molar-refractivity contribution in [2.45, 2.75) is 127 Å². The van der Waals surface area contributed by atoms with Crippen molar-refractivity contribution in [3.8, 4) is 0 Å². The van der Waals surface area contributed by atoms with Gasteiger partial charge in [-0.15, -0.1) is 0 Å². The van der Waals surface area contributed by atoms with Crippen LogP contribution in [0.25, 0.3) is 0 Å². The third kappa shape index (κ3) is 10.8. The van der Waals surface area contributed by atoms with Crippen LogP contribution in [0, 0.1) is 38.5 Å². The number of Topliss-reactive ketones (excluding diaryl/α,β-unsaturated/α-hetero) is 3. The van der Waals surface area contributed by atoms with Gasteiger partial charge >= 0.3 is 0 Å². The standard InChI is InChI=1S/C27H40O3.C7H8.C3H8/c1-8-10-21(22(9-2)25(29)12-18(6)28)13-20-14-24-23(16(3)4)11-17(5)19(7)27(24)26(30)15-20;1-7-5-3-2-4-6-7;1-3-2/h11,16,20-22H,8-10,12-15H2,1-7H3;2-6H,1H3;3H2,1-2H3. The van der Waals surface area contributed by atoms with Crippen LogP contribution in [-0.4, -0.2) is 17.3 Å². The molecule has 3 unspecified atom stereocenters. The van der Waals surface area contributed by atoms with Gasteiger partial charge in [0.05, 0.1) is 6.42 Å². The van der Waals surface area contributed by atoms with Gasteiger partial charge in [0.2, 0.25) is 0 Å². The van der Waals surface area contributed by atoms with Gasteiger partial charge in [-0.05, 0) is 87.0 Å². The molecule has 40 heavy (non-hydrogen) atoms.